The number of nitrogens with zero attached hydrogens (tertiary/aromatic N) is 1. The lowest BCUT2D eigenvalue weighted by Gasteiger charge is -2.27. The normalized spacial score (nSPS) is 12.1. The highest BCUT2D eigenvalue weighted by Gasteiger charge is 2.29. The maximum atomic E-state index is 12.4. The van der Waals surface area contributed by atoms with Gasteiger partial charge in [-0.15, -0.1) is 0 Å². The summed E-state index contributed by atoms with van der Waals surface area (Å²) in [5.74, 6) is -0.234. The predicted molar refractivity (Wildman–Crippen MR) is 78.2 cm³/mol. The number of likely N-dealkylation sites (N-methyl/N-ethyl adjacent to an activating group) is 1. The molecule has 0 heterocycles. The molecule has 1 aromatic rings. The van der Waals surface area contributed by atoms with E-state index in [1.54, 1.807) is 12.1 Å². The zero-order valence-corrected chi connectivity index (χ0v) is 13.0. The molecule has 0 unspecified atom stereocenters. The molecule has 0 saturated heterocycles. The van der Waals surface area contributed by atoms with Gasteiger partial charge in [-0.1, -0.05) is 18.2 Å². The van der Waals surface area contributed by atoms with Gasteiger partial charge in [-0.2, -0.15) is 0 Å². The number of amides is 1. The van der Waals surface area contributed by atoms with E-state index in [0.29, 0.717) is 12.1 Å². The Morgan fingerprint density at radius 1 is 1.10 bits per heavy atom. The van der Waals surface area contributed by atoms with E-state index in [4.69, 9.17) is 4.74 Å². The summed E-state index contributed by atoms with van der Waals surface area (Å²) in [7, 11) is 3.64. The average Bonchev–Trinajstić information content (AvgIpc) is 2.37. The van der Waals surface area contributed by atoms with E-state index < -0.39 is 5.41 Å². The van der Waals surface area contributed by atoms with Crippen molar-refractivity contribution in [2.24, 2.45) is 5.41 Å². The van der Waals surface area contributed by atoms with Crippen molar-refractivity contribution in [1.82, 2.24) is 0 Å². The summed E-state index contributed by atoms with van der Waals surface area (Å²) in [6.07, 6.45) is 0. The quantitative estimate of drug-likeness (QED) is 0.628. The molecule has 4 nitrogen and oxygen atoms in total. The fourth-order valence-electron chi connectivity index (χ4n) is 1.61. The second-order valence-corrected chi connectivity index (χ2v) is 6.47. The highest BCUT2D eigenvalue weighted by atomic mass is 16.5. The molecule has 0 fully saturated rings. The average molecular weight is 278 g/mol. The summed E-state index contributed by atoms with van der Waals surface area (Å²) in [6.45, 7) is 6.12. The monoisotopic (exact) mass is 278 g/mol. The van der Waals surface area contributed by atoms with Gasteiger partial charge in [0.25, 0.3) is 0 Å². The number of carbonyl (C=O) groups is 2. The van der Waals surface area contributed by atoms with Crippen LogP contribution in [0.25, 0.3) is 0 Å². The molecule has 4 heteroatoms. The molecule has 0 atom stereocenters. The Bertz CT molecular complexity index is 472. The Kier molecular flexibility index (Phi) is 5.06. The van der Waals surface area contributed by atoms with Crippen molar-refractivity contribution in [3.05, 3.63) is 35.9 Å². The van der Waals surface area contributed by atoms with E-state index in [-0.39, 0.29) is 23.0 Å². The minimum atomic E-state index is -0.513. The minimum absolute atomic E-state index is 0.0115. The lowest BCUT2D eigenvalue weighted by atomic mass is 9.97. The van der Waals surface area contributed by atoms with Crippen molar-refractivity contribution in [1.29, 1.82) is 0 Å². The Morgan fingerprint density at radius 3 is 2.15 bits per heavy atom. The fraction of sp³-hybridized carbons (Fsp3) is 0.500. The van der Waals surface area contributed by atoms with Crippen LogP contribution in [0, 0.1) is 5.41 Å². The van der Waals surface area contributed by atoms with Crippen molar-refractivity contribution in [3.8, 4) is 0 Å². The molecule has 0 aliphatic heterocycles. The molecule has 20 heavy (non-hydrogen) atoms. The molecule has 0 N–H and O–H groups in total. The van der Waals surface area contributed by atoms with E-state index in [1.165, 1.54) is 0 Å². The van der Waals surface area contributed by atoms with Gasteiger partial charge in [-0.05, 0) is 32.9 Å². The van der Waals surface area contributed by atoms with Gasteiger partial charge in [0.2, 0.25) is 0 Å². The second-order valence-electron chi connectivity index (χ2n) is 6.47. The molecule has 1 rings (SSSR count). The molecule has 110 valence electrons. The van der Waals surface area contributed by atoms with Gasteiger partial charge in [0, 0.05) is 0 Å². The van der Waals surface area contributed by atoms with Crippen LogP contribution < -0.4 is 0 Å². The molecular weight excluding hydrogens is 254 g/mol. The van der Waals surface area contributed by atoms with E-state index in [2.05, 4.69) is 0 Å². The van der Waals surface area contributed by atoms with Crippen LogP contribution in [0.4, 0.5) is 0 Å². The number of hydrogen-bond donors (Lipinski definition) is 0. The van der Waals surface area contributed by atoms with E-state index in [1.807, 2.05) is 53.1 Å². The van der Waals surface area contributed by atoms with E-state index in [9.17, 15) is 9.59 Å². The van der Waals surface area contributed by atoms with Crippen LogP contribution in [-0.4, -0.2) is 43.6 Å². The largest absolute Gasteiger partial charge is 0.459 e. The zero-order chi connectivity index (χ0) is 15.4. The molecule has 1 aromatic carbocycles. The Hall–Kier alpha value is -1.68. The van der Waals surface area contributed by atoms with Crippen molar-refractivity contribution in [3.63, 3.8) is 0 Å². The topological polar surface area (TPSA) is 43.4 Å². The first-order valence-electron chi connectivity index (χ1n) is 6.75. The summed E-state index contributed by atoms with van der Waals surface area (Å²) < 4.78 is 5.38. The summed E-state index contributed by atoms with van der Waals surface area (Å²) in [6, 6.07) is 9.15. The first-order chi connectivity index (χ1) is 9.14. The van der Waals surface area contributed by atoms with Gasteiger partial charge in [0.05, 0.1) is 25.1 Å². The SMILES string of the molecule is CC(C)(C)C(=O)OCC[N+](C)(C)C(=O)c1ccccc1. The summed E-state index contributed by atoms with van der Waals surface area (Å²) in [4.78, 5) is 24.0. The molecule has 0 aliphatic carbocycles. The predicted octanol–water partition coefficient (Wildman–Crippen LogP) is 2.49. The third-order valence-electron chi connectivity index (χ3n) is 3.07. The van der Waals surface area contributed by atoms with Gasteiger partial charge in [-0.3, -0.25) is 9.28 Å². The Morgan fingerprint density at radius 2 is 1.65 bits per heavy atom. The number of hydrogen-bond acceptors (Lipinski definition) is 3. The molecule has 0 bridgehead atoms. The first-order valence-corrected chi connectivity index (χ1v) is 6.75. The van der Waals surface area contributed by atoms with Crippen molar-refractivity contribution >= 4 is 11.9 Å². The molecule has 0 spiro atoms. The number of quaternary nitrogens is 1. The second kappa shape index (κ2) is 6.18. The van der Waals surface area contributed by atoms with Gasteiger partial charge in [0.15, 0.2) is 0 Å². The molecule has 0 saturated carbocycles. The number of esters is 1. The van der Waals surface area contributed by atoms with Crippen molar-refractivity contribution in [2.45, 2.75) is 20.8 Å². The standard InChI is InChI=1S/C16H24NO3/c1-16(2,3)15(19)20-12-11-17(4,5)14(18)13-9-7-6-8-10-13/h6-10H,11-12H2,1-5H3/q+1. The van der Waals surface area contributed by atoms with Gasteiger partial charge < -0.3 is 4.74 Å². The summed E-state index contributed by atoms with van der Waals surface area (Å²) >= 11 is 0. The lowest BCUT2D eigenvalue weighted by molar-refractivity contribution is -0.808. The third-order valence-corrected chi connectivity index (χ3v) is 3.07. The molecule has 0 aliphatic rings. The third kappa shape index (κ3) is 4.46. The Balaban J connectivity index is 2.58. The highest BCUT2D eigenvalue weighted by Crippen LogP contribution is 2.15. The number of rotatable bonds is 4. The zero-order valence-electron chi connectivity index (χ0n) is 13.0. The minimum Gasteiger partial charge on any atom is -0.459 e. The number of ether oxygens (including phenoxy) is 1. The molecular formula is C16H24NO3+. The smallest absolute Gasteiger partial charge is 0.345 e. The fourth-order valence-corrected chi connectivity index (χ4v) is 1.61. The molecule has 0 aromatic heterocycles. The van der Waals surface area contributed by atoms with E-state index in [0.717, 1.165) is 0 Å². The van der Waals surface area contributed by atoms with Gasteiger partial charge in [-0.25, -0.2) is 4.79 Å². The summed E-state index contributed by atoms with van der Waals surface area (Å²) in [5.41, 5.74) is 0.153. The van der Waals surface area contributed by atoms with Crippen LogP contribution in [0.15, 0.2) is 30.3 Å². The van der Waals surface area contributed by atoms with Gasteiger partial charge >= 0.3 is 11.9 Å². The lowest BCUT2D eigenvalue weighted by Crippen LogP contribution is -2.48. The van der Waals surface area contributed by atoms with Crippen molar-refractivity contribution < 1.29 is 18.8 Å². The van der Waals surface area contributed by atoms with Crippen LogP contribution in [0.3, 0.4) is 0 Å². The molecule has 1 amide bonds. The maximum Gasteiger partial charge on any atom is 0.345 e. The van der Waals surface area contributed by atoms with Gasteiger partial charge in [0.1, 0.15) is 13.2 Å². The van der Waals surface area contributed by atoms with Crippen LogP contribution in [0.5, 0.6) is 0 Å². The van der Waals surface area contributed by atoms with Crippen LogP contribution in [0.2, 0.25) is 0 Å². The van der Waals surface area contributed by atoms with Crippen LogP contribution in [0.1, 0.15) is 31.1 Å². The van der Waals surface area contributed by atoms with Crippen LogP contribution >= 0.6 is 0 Å². The van der Waals surface area contributed by atoms with Crippen molar-refractivity contribution in [2.75, 3.05) is 27.2 Å². The van der Waals surface area contributed by atoms with Crippen LogP contribution in [-0.2, 0) is 9.53 Å². The van der Waals surface area contributed by atoms with E-state index >= 15 is 0 Å². The summed E-state index contributed by atoms with van der Waals surface area (Å²) in [5, 5.41) is 0. The highest BCUT2D eigenvalue weighted by molar-refractivity contribution is 5.88. The number of carbonyl (C=O) groups excluding carboxylic acids is 2. The Labute approximate surface area is 120 Å². The molecule has 0 radical (unpaired) electrons. The first kappa shape index (κ1) is 16.4. The maximum absolute atomic E-state index is 12.4. The number of benzene rings is 1.